The van der Waals surface area contributed by atoms with Gasteiger partial charge in [-0.25, -0.2) is 9.97 Å². The molecule has 0 N–H and O–H groups in total. The van der Waals surface area contributed by atoms with Crippen LogP contribution in [0.1, 0.15) is 25.0 Å². The summed E-state index contributed by atoms with van der Waals surface area (Å²) in [4.78, 5) is 16.6. The zero-order chi connectivity index (χ0) is 21.0. The van der Waals surface area contributed by atoms with Crippen LogP contribution in [0.3, 0.4) is 0 Å². The Balaban J connectivity index is 1.55. The van der Waals surface area contributed by atoms with Crippen LogP contribution in [-0.4, -0.2) is 54.0 Å². The number of anilines is 1. The number of fused-ring (bicyclic) bond motifs is 6. The van der Waals surface area contributed by atoms with Crippen LogP contribution < -0.4 is 4.90 Å². The largest absolute Gasteiger partial charge is 0.377 e. The Kier molecular flexibility index (Phi) is 3.94. The molecule has 1 aromatic carbocycles. The molecule has 2 aliphatic rings. The summed E-state index contributed by atoms with van der Waals surface area (Å²) in [5.41, 5.74) is 1.52. The van der Waals surface area contributed by atoms with E-state index in [1.165, 1.54) is 0 Å². The highest BCUT2D eigenvalue weighted by Crippen LogP contribution is 2.44. The number of benzene rings is 1. The van der Waals surface area contributed by atoms with Gasteiger partial charge in [-0.3, -0.25) is 9.13 Å². The fraction of sp³-hybridized carbons (Fsp3) is 0.318. The van der Waals surface area contributed by atoms with E-state index in [0.29, 0.717) is 19.2 Å². The molecular weight excluding hydrogens is 392 g/mol. The lowest BCUT2D eigenvalue weighted by atomic mass is 9.90. The first-order valence-corrected chi connectivity index (χ1v) is 10.5. The first-order chi connectivity index (χ1) is 15.2. The predicted molar refractivity (Wildman–Crippen MR) is 114 cm³/mol. The molecule has 1 fully saturated rings. The van der Waals surface area contributed by atoms with Gasteiger partial charge >= 0.3 is 0 Å². The van der Waals surface area contributed by atoms with E-state index >= 15 is 0 Å². The van der Waals surface area contributed by atoms with Gasteiger partial charge in [0.05, 0.1) is 19.4 Å². The maximum absolute atomic E-state index is 5.91. The molecule has 9 heteroatoms. The third-order valence-corrected chi connectivity index (χ3v) is 6.26. The average Bonchev–Trinajstić information content (AvgIpc) is 3.47. The molecule has 156 valence electrons. The van der Waals surface area contributed by atoms with Gasteiger partial charge in [0.15, 0.2) is 11.6 Å². The lowest BCUT2D eigenvalue weighted by molar-refractivity contribution is 0.0390. The van der Waals surface area contributed by atoms with E-state index in [0.717, 1.165) is 47.5 Å². The molecular formula is C22H22N8O. The van der Waals surface area contributed by atoms with Gasteiger partial charge in [-0.2, -0.15) is 4.98 Å². The van der Waals surface area contributed by atoms with Crippen molar-refractivity contribution in [2.24, 2.45) is 0 Å². The van der Waals surface area contributed by atoms with Crippen molar-refractivity contribution < 1.29 is 4.74 Å². The van der Waals surface area contributed by atoms with E-state index in [1.807, 2.05) is 54.2 Å². The van der Waals surface area contributed by atoms with Crippen LogP contribution in [0, 0.1) is 6.92 Å². The Bertz CT molecular complexity index is 1260. The second kappa shape index (κ2) is 6.71. The highest BCUT2D eigenvalue weighted by Gasteiger charge is 2.49. The monoisotopic (exact) mass is 414 g/mol. The van der Waals surface area contributed by atoms with Crippen molar-refractivity contribution in [2.45, 2.75) is 25.8 Å². The van der Waals surface area contributed by atoms with Crippen molar-refractivity contribution in [2.75, 3.05) is 24.7 Å². The zero-order valence-electron chi connectivity index (χ0n) is 17.4. The Labute approximate surface area is 179 Å². The van der Waals surface area contributed by atoms with Gasteiger partial charge in [0.2, 0.25) is 5.95 Å². The van der Waals surface area contributed by atoms with Gasteiger partial charge in [-0.05, 0) is 13.3 Å². The number of morpholine rings is 1. The Morgan fingerprint density at radius 1 is 1.13 bits per heavy atom. The lowest BCUT2D eigenvalue weighted by Gasteiger charge is -2.49. The molecule has 31 heavy (non-hydrogen) atoms. The molecule has 1 atom stereocenters. The molecule has 2 aliphatic heterocycles. The summed E-state index contributed by atoms with van der Waals surface area (Å²) in [6, 6.07) is 10.1. The summed E-state index contributed by atoms with van der Waals surface area (Å²) in [6.45, 7) is 6.06. The topological polar surface area (TPSA) is 86.8 Å². The standard InChI is InChI=1S/C22H22N8O/c1-3-22-14-31-12-11-29(22)19-17(30-15(2)26-27-20(22)30)13-24-21(25-19)28-10-9-23-18(28)16-7-5-4-6-8-16/h4-10,13H,3,11-12,14H2,1-2H3. The second-order valence-electron chi connectivity index (χ2n) is 7.86. The number of hydrogen-bond donors (Lipinski definition) is 0. The number of ether oxygens (including phenoxy) is 1. The van der Waals surface area contributed by atoms with E-state index in [4.69, 9.17) is 14.7 Å². The summed E-state index contributed by atoms with van der Waals surface area (Å²) in [5.74, 6) is 3.97. The Morgan fingerprint density at radius 2 is 2.00 bits per heavy atom. The minimum atomic E-state index is -0.394. The molecule has 0 saturated carbocycles. The molecule has 6 rings (SSSR count). The second-order valence-corrected chi connectivity index (χ2v) is 7.86. The number of hydrogen-bond acceptors (Lipinski definition) is 7. The third kappa shape index (κ3) is 2.50. The molecule has 9 nitrogen and oxygen atoms in total. The normalized spacial score (nSPS) is 19.6. The van der Waals surface area contributed by atoms with E-state index in [9.17, 15) is 0 Å². The van der Waals surface area contributed by atoms with Gasteiger partial charge in [-0.1, -0.05) is 37.3 Å². The van der Waals surface area contributed by atoms with Gasteiger partial charge in [0.25, 0.3) is 0 Å². The summed E-state index contributed by atoms with van der Waals surface area (Å²) in [7, 11) is 0. The zero-order valence-corrected chi connectivity index (χ0v) is 17.4. The van der Waals surface area contributed by atoms with Crippen molar-refractivity contribution in [1.82, 2.24) is 34.3 Å². The molecule has 0 bridgehead atoms. The van der Waals surface area contributed by atoms with E-state index in [-0.39, 0.29) is 0 Å². The van der Waals surface area contributed by atoms with Crippen LogP contribution in [0.2, 0.25) is 0 Å². The van der Waals surface area contributed by atoms with Crippen LogP contribution in [0.25, 0.3) is 23.0 Å². The predicted octanol–water partition coefficient (Wildman–Crippen LogP) is 2.67. The quantitative estimate of drug-likeness (QED) is 0.509. The number of rotatable bonds is 3. The highest BCUT2D eigenvalue weighted by atomic mass is 16.5. The van der Waals surface area contributed by atoms with E-state index in [2.05, 4.69) is 31.6 Å². The van der Waals surface area contributed by atoms with Crippen molar-refractivity contribution in [3.8, 4) is 23.0 Å². The molecule has 0 amide bonds. The van der Waals surface area contributed by atoms with Crippen molar-refractivity contribution in [1.29, 1.82) is 0 Å². The fourth-order valence-electron chi connectivity index (χ4n) is 4.68. The molecule has 3 aromatic heterocycles. The van der Waals surface area contributed by atoms with Gasteiger partial charge < -0.3 is 9.64 Å². The van der Waals surface area contributed by atoms with Crippen LogP contribution in [0.4, 0.5) is 5.82 Å². The van der Waals surface area contributed by atoms with Crippen LogP contribution >= 0.6 is 0 Å². The average molecular weight is 414 g/mol. The molecule has 4 aromatic rings. The molecule has 0 radical (unpaired) electrons. The van der Waals surface area contributed by atoms with Crippen LogP contribution in [0.15, 0.2) is 48.9 Å². The van der Waals surface area contributed by atoms with Crippen LogP contribution in [0.5, 0.6) is 0 Å². The van der Waals surface area contributed by atoms with E-state index in [1.54, 1.807) is 6.20 Å². The third-order valence-electron chi connectivity index (χ3n) is 6.26. The SMILES string of the molecule is CCC12COCCN1c1nc(-n3ccnc3-c3ccccc3)ncc1-n1c(C)nnc12. The molecule has 0 spiro atoms. The van der Waals surface area contributed by atoms with Crippen molar-refractivity contribution in [3.63, 3.8) is 0 Å². The number of aryl methyl sites for hydroxylation is 1. The first kappa shape index (κ1) is 18.2. The van der Waals surface area contributed by atoms with Gasteiger partial charge in [-0.15, -0.1) is 10.2 Å². The molecule has 0 aliphatic carbocycles. The molecule has 1 saturated heterocycles. The number of nitrogens with zero attached hydrogens (tertiary/aromatic N) is 8. The molecule has 5 heterocycles. The van der Waals surface area contributed by atoms with Crippen LogP contribution in [-0.2, 0) is 10.3 Å². The van der Waals surface area contributed by atoms with Gasteiger partial charge in [0.1, 0.15) is 22.9 Å². The summed E-state index contributed by atoms with van der Waals surface area (Å²) in [6.07, 6.45) is 6.37. The molecule has 1 unspecified atom stereocenters. The number of aromatic nitrogens is 7. The summed E-state index contributed by atoms with van der Waals surface area (Å²) >= 11 is 0. The highest BCUT2D eigenvalue weighted by molar-refractivity contribution is 5.65. The Hall–Kier alpha value is -3.59. The van der Waals surface area contributed by atoms with Crippen molar-refractivity contribution >= 4 is 5.82 Å². The maximum atomic E-state index is 5.91. The summed E-state index contributed by atoms with van der Waals surface area (Å²) < 4.78 is 9.91. The smallest absolute Gasteiger partial charge is 0.237 e. The fourth-order valence-corrected chi connectivity index (χ4v) is 4.68. The summed E-state index contributed by atoms with van der Waals surface area (Å²) in [5, 5.41) is 8.90. The number of imidazole rings is 1. The van der Waals surface area contributed by atoms with E-state index < -0.39 is 5.54 Å². The maximum Gasteiger partial charge on any atom is 0.237 e. The lowest BCUT2D eigenvalue weighted by Crippen LogP contribution is -2.58. The van der Waals surface area contributed by atoms with Gasteiger partial charge in [0, 0.05) is 24.5 Å². The minimum Gasteiger partial charge on any atom is -0.377 e. The van der Waals surface area contributed by atoms with Crippen molar-refractivity contribution in [3.05, 3.63) is 60.6 Å². The minimum absolute atomic E-state index is 0.394. The first-order valence-electron chi connectivity index (χ1n) is 10.5. The Morgan fingerprint density at radius 3 is 2.84 bits per heavy atom.